The first-order valence-electron chi connectivity index (χ1n) is 11.4. The molecule has 1 fully saturated rings. The maximum atomic E-state index is 12.9. The van der Waals surface area contributed by atoms with Gasteiger partial charge in [0.05, 0.1) is 0 Å². The molecule has 3 aromatic rings. The smallest absolute Gasteiger partial charge is 0.262 e. The molecule has 34 heavy (non-hydrogen) atoms. The zero-order valence-corrected chi connectivity index (χ0v) is 18.7. The highest BCUT2D eigenvalue weighted by atomic mass is 16.5. The molecule has 0 aliphatic carbocycles. The minimum atomic E-state index is -0.300. The second-order valence-corrected chi connectivity index (χ2v) is 8.39. The van der Waals surface area contributed by atoms with E-state index in [0.717, 1.165) is 30.8 Å². The van der Waals surface area contributed by atoms with Crippen molar-refractivity contribution in [2.24, 2.45) is 0 Å². The number of fused-ring (bicyclic) bond motifs is 1. The fraction of sp³-hybridized carbons (Fsp3) is 0.222. The maximum Gasteiger partial charge on any atom is 0.262 e. The van der Waals surface area contributed by atoms with Crippen LogP contribution in [0.15, 0.2) is 72.8 Å². The molecule has 2 heterocycles. The lowest BCUT2D eigenvalue weighted by Gasteiger charge is -2.17. The third kappa shape index (κ3) is 4.50. The summed E-state index contributed by atoms with van der Waals surface area (Å²) in [5, 5.41) is 2.78. The van der Waals surface area contributed by atoms with Gasteiger partial charge in [-0.25, -0.2) is 0 Å². The van der Waals surface area contributed by atoms with Gasteiger partial charge in [-0.2, -0.15) is 0 Å². The second kappa shape index (κ2) is 9.39. The number of anilines is 3. The molecule has 1 N–H and O–H groups in total. The van der Waals surface area contributed by atoms with E-state index >= 15 is 0 Å². The molecule has 5 rings (SSSR count). The zero-order chi connectivity index (χ0) is 23.5. The highest BCUT2D eigenvalue weighted by molar-refractivity contribution is 6.07. The lowest BCUT2D eigenvalue weighted by atomic mass is 10.1. The average molecular weight is 456 g/mol. The van der Waals surface area contributed by atoms with E-state index in [1.807, 2.05) is 36.4 Å². The number of carbonyl (C=O) groups is 3. The van der Waals surface area contributed by atoms with Crippen LogP contribution in [0.2, 0.25) is 0 Å². The Labute approximate surface area is 197 Å². The molecule has 0 aromatic heterocycles. The van der Waals surface area contributed by atoms with Gasteiger partial charge in [-0.1, -0.05) is 18.2 Å². The van der Waals surface area contributed by atoms with Gasteiger partial charge in [0.15, 0.2) is 6.61 Å². The first-order valence-corrected chi connectivity index (χ1v) is 11.4. The Morgan fingerprint density at radius 3 is 2.38 bits per heavy atom. The molecule has 0 saturated carbocycles. The number of nitrogens with zero attached hydrogens (tertiary/aromatic N) is 2. The Morgan fingerprint density at radius 2 is 1.65 bits per heavy atom. The van der Waals surface area contributed by atoms with Gasteiger partial charge >= 0.3 is 0 Å². The fourth-order valence-electron chi connectivity index (χ4n) is 4.39. The van der Waals surface area contributed by atoms with Gasteiger partial charge in [-0.15, -0.1) is 0 Å². The topological polar surface area (TPSA) is 79.0 Å². The average Bonchev–Trinajstić information content (AvgIpc) is 3.49. The summed E-state index contributed by atoms with van der Waals surface area (Å²) in [6, 6.07) is 22.0. The van der Waals surface area contributed by atoms with Crippen LogP contribution in [0.5, 0.6) is 5.75 Å². The van der Waals surface area contributed by atoms with Crippen LogP contribution in [0, 0.1) is 0 Å². The molecule has 7 heteroatoms. The third-order valence-electron chi connectivity index (χ3n) is 6.14. The summed E-state index contributed by atoms with van der Waals surface area (Å²) < 4.78 is 5.57. The molecular weight excluding hydrogens is 430 g/mol. The molecule has 2 aliphatic heterocycles. The van der Waals surface area contributed by atoms with Crippen LogP contribution in [0.1, 0.15) is 28.8 Å². The van der Waals surface area contributed by atoms with Crippen molar-refractivity contribution < 1.29 is 19.1 Å². The summed E-state index contributed by atoms with van der Waals surface area (Å²) in [5.74, 6) is 0.333. The normalized spacial score (nSPS) is 14.8. The highest BCUT2D eigenvalue weighted by Gasteiger charge is 2.25. The predicted molar refractivity (Wildman–Crippen MR) is 130 cm³/mol. The maximum absolute atomic E-state index is 12.9. The minimum absolute atomic E-state index is 0.0507. The molecule has 0 atom stereocenters. The molecule has 3 amide bonds. The fourth-order valence-corrected chi connectivity index (χ4v) is 4.39. The Bertz CT molecular complexity index is 1220. The van der Waals surface area contributed by atoms with Crippen molar-refractivity contribution in [3.8, 4) is 5.75 Å². The standard InChI is InChI=1S/C27H25N3O4/c31-25(18-34-23-13-11-22(12-14-23)29-16-3-6-26(29)32)28-21-9-7-20(8-10-21)27(33)30-17-15-19-4-1-2-5-24(19)30/h1-2,4-5,7-14H,3,6,15-18H2,(H,28,31). The van der Waals surface area contributed by atoms with Crippen molar-refractivity contribution in [2.45, 2.75) is 19.3 Å². The summed E-state index contributed by atoms with van der Waals surface area (Å²) in [6.07, 6.45) is 2.31. The lowest BCUT2D eigenvalue weighted by Crippen LogP contribution is -2.28. The van der Waals surface area contributed by atoms with E-state index in [4.69, 9.17) is 4.74 Å². The van der Waals surface area contributed by atoms with Crippen LogP contribution in [0.3, 0.4) is 0 Å². The van der Waals surface area contributed by atoms with Gasteiger partial charge in [-0.3, -0.25) is 14.4 Å². The predicted octanol–water partition coefficient (Wildman–Crippen LogP) is 4.03. The van der Waals surface area contributed by atoms with Gasteiger partial charge in [0.25, 0.3) is 11.8 Å². The Hall–Kier alpha value is -4.13. The molecular formula is C27H25N3O4. The molecule has 1 saturated heterocycles. The van der Waals surface area contributed by atoms with E-state index in [2.05, 4.69) is 5.32 Å². The van der Waals surface area contributed by atoms with E-state index in [0.29, 0.717) is 30.0 Å². The van der Waals surface area contributed by atoms with Crippen LogP contribution in [-0.2, 0) is 16.0 Å². The van der Waals surface area contributed by atoms with Gasteiger partial charge in [0, 0.05) is 42.1 Å². The van der Waals surface area contributed by atoms with Crippen molar-refractivity contribution in [1.29, 1.82) is 0 Å². The highest BCUT2D eigenvalue weighted by Crippen LogP contribution is 2.29. The van der Waals surface area contributed by atoms with E-state index in [1.54, 1.807) is 46.2 Å². The van der Waals surface area contributed by atoms with Gasteiger partial charge in [0.1, 0.15) is 5.75 Å². The molecule has 7 nitrogen and oxygen atoms in total. The number of carbonyl (C=O) groups excluding carboxylic acids is 3. The Morgan fingerprint density at radius 1 is 0.882 bits per heavy atom. The first-order chi connectivity index (χ1) is 16.6. The number of benzene rings is 3. The summed E-state index contributed by atoms with van der Waals surface area (Å²) in [6.45, 7) is 1.26. The Kier molecular flexibility index (Phi) is 5.99. The first kappa shape index (κ1) is 21.7. The lowest BCUT2D eigenvalue weighted by molar-refractivity contribution is -0.118. The summed E-state index contributed by atoms with van der Waals surface area (Å²) in [7, 11) is 0. The van der Waals surface area contributed by atoms with Gasteiger partial charge < -0.3 is 19.9 Å². The van der Waals surface area contributed by atoms with Crippen LogP contribution in [-0.4, -0.2) is 37.4 Å². The van der Waals surface area contributed by atoms with Crippen molar-refractivity contribution in [3.05, 3.63) is 83.9 Å². The van der Waals surface area contributed by atoms with Gasteiger partial charge in [0.2, 0.25) is 5.91 Å². The molecule has 0 radical (unpaired) electrons. The molecule has 3 aromatic carbocycles. The van der Waals surface area contributed by atoms with Crippen LogP contribution < -0.4 is 19.9 Å². The molecule has 0 spiro atoms. The molecule has 0 unspecified atom stereocenters. The quantitative estimate of drug-likeness (QED) is 0.609. The van der Waals surface area contributed by atoms with Gasteiger partial charge in [-0.05, 0) is 73.0 Å². The molecule has 2 aliphatic rings. The van der Waals surface area contributed by atoms with E-state index < -0.39 is 0 Å². The minimum Gasteiger partial charge on any atom is -0.484 e. The number of hydrogen-bond acceptors (Lipinski definition) is 4. The van der Waals surface area contributed by atoms with Crippen LogP contribution in [0.25, 0.3) is 0 Å². The number of nitrogens with one attached hydrogen (secondary N) is 1. The van der Waals surface area contributed by atoms with Crippen molar-refractivity contribution in [2.75, 3.05) is 34.8 Å². The van der Waals surface area contributed by atoms with E-state index in [-0.39, 0.29) is 24.3 Å². The zero-order valence-electron chi connectivity index (χ0n) is 18.7. The molecule has 172 valence electrons. The van der Waals surface area contributed by atoms with Crippen LogP contribution >= 0.6 is 0 Å². The summed E-state index contributed by atoms with van der Waals surface area (Å²) in [4.78, 5) is 40.6. The summed E-state index contributed by atoms with van der Waals surface area (Å²) >= 11 is 0. The number of hydrogen-bond donors (Lipinski definition) is 1. The third-order valence-corrected chi connectivity index (χ3v) is 6.14. The Balaban J connectivity index is 1.14. The SMILES string of the molecule is O=C(COc1ccc(N2CCCC2=O)cc1)Nc1ccc(C(=O)N2CCc3ccccc32)cc1. The second-order valence-electron chi connectivity index (χ2n) is 8.39. The van der Waals surface area contributed by atoms with Crippen molar-refractivity contribution >= 4 is 34.8 Å². The largest absolute Gasteiger partial charge is 0.484 e. The molecule has 0 bridgehead atoms. The van der Waals surface area contributed by atoms with E-state index in [9.17, 15) is 14.4 Å². The van der Waals surface area contributed by atoms with Crippen LogP contribution in [0.4, 0.5) is 17.1 Å². The number of ether oxygens (including phenoxy) is 1. The summed E-state index contributed by atoms with van der Waals surface area (Å²) in [5.41, 5.74) is 4.14. The van der Waals surface area contributed by atoms with E-state index in [1.165, 1.54) is 5.56 Å². The van der Waals surface area contributed by atoms with Crippen molar-refractivity contribution in [1.82, 2.24) is 0 Å². The number of rotatable bonds is 6. The monoisotopic (exact) mass is 455 g/mol. The number of amides is 3. The number of para-hydroxylation sites is 1. The van der Waals surface area contributed by atoms with Crippen molar-refractivity contribution in [3.63, 3.8) is 0 Å².